The molecule has 2 aromatic carbocycles. The number of aromatic amines is 2. The molecule has 0 spiro atoms. The first-order valence-electron chi connectivity index (χ1n) is 7.79. The fraction of sp³-hybridized carbons (Fsp3) is 0.118. The van der Waals surface area contributed by atoms with E-state index in [0.29, 0.717) is 17.2 Å². The maximum atomic E-state index is 12.4. The van der Waals surface area contributed by atoms with Gasteiger partial charge in [0, 0.05) is 6.07 Å². The van der Waals surface area contributed by atoms with Crippen molar-refractivity contribution < 1.29 is 23.0 Å². The van der Waals surface area contributed by atoms with Crippen molar-refractivity contribution in [1.29, 1.82) is 0 Å². The molecule has 142 valence electrons. The molecule has 9 nitrogen and oxygen atoms in total. The molecule has 0 aliphatic rings. The van der Waals surface area contributed by atoms with E-state index in [2.05, 4.69) is 14.7 Å². The van der Waals surface area contributed by atoms with Gasteiger partial charge in [-0.15, -0.1) is 0 Å². The van der Waals surface area contributed by atoms with E-state index in [9.17, 15) is 18.3 Å². The Morgan fingerprint density at radius 3 is 2.37 bits per heavy atom. The van der Waals surface area contributed by atoms with Crippen molar-refractivity contribution in [2.45, 2.75) is 11.4 Å². The van der Waals surface area contributed by atoms with Gasteiger partial charge in [-0.05, 0) is 36.4 Å². The van der Waals surface area contributed by atoms with Crippen molar-refractivity contribution >= 4 is 10.0 Å². The lowest BCUT2D eigenvalue weighted by molar-refractivity contribution is 0.413. The molecule has 27 heavy (non-hydrogen) atoms. The van der Waals surface area contributed by atoms with Crippen LogP contribution in [0.2, 0.25) is 0 Å². The van der Waals surface area contributed by atoms with E-state index >= 15 is 0 Å². The average Bonchev–Trinajstić information content (AvgIpc) is 2.98. The topological polar surface area (TPSA) is 134 Å². The minimum atomic E-state index is -3.89. The Morgan fingerprint density at radius 2 is 1.74 bits per heavy atom. The number of nitrogens with one attached hydrogen (secondary N) is 3. The number of sulfonamides is 1. The normalized spacial score (nSPS) is 11.3. The van der Waals surface area contributed by atoms with Crippen molar-refractivity contribution in [2.24, 2.45) is 0 Å². The Kier molecular flexibility index (Phi) is 5.19. The average molecular weight is 391 g/mol. The lowest BCUT2D eigenvalue weighted by atomic mass is 10.3. The highest BCUT2D eigenvalue weighted by molar-refractivity contribution is 7.89. The number of hydrogen-bond acceptors (Lipinski definition) is 6. The Labute approximate surface area is 154 Å². The molecule has 0 fully saturated rings. The van der Waals surface area contributed by atoms with E-state index in [4.69, 9.17) is 9.47 Å². The molecule has 0 bridgehead atoms. The van der Waals surface area contributed by atoms with Gasteiger partial charge in [0.1, 0.15) is 17.2 Å². The summed E-state index contributed by atoms with van der Waals surface area (Å²) in [4.78, 5) is 15.5. The Bertz CT molecular complexity index is 1090. The lowest BCUT2D eigenvalue weighted by Gasteiger charge is -2.10. The van der Waals surface area contributed by atoms with E-state index in [1.54, 1.807) is 43.5 Å². The predicted octanol–water partition coefficient (Wildman–Crippen LogP) is 1.69. The number of rotatable bonds is 7. The van der Waals surface area contributed by atoms with Crippen LogP contribution in [-0.4, -0.2) is 30.6 Å². The summed E-state index contributed by atoms with van der Waals surface area (Å²) in [6, 6.07) is 12.8. The summed E-state index contributed by atoms with van der Waals surface area (Å²) in [6.45, 7) is -0.281. The van der Waals surface area contributed by atoms with Gasteiger partial charge in [-0.25, -0.2) is 17.9 Å². The molecule has 0 amide bonds. The van der Waals surface area contributed by atoms with E-state index in [-0.39, 0.29) is 17.1 Å². The molecule has 0 saturated carbocycles. The number of H-pyrrole nitrogens is 2. The number of aromatic nitrogens is 2. The molecule has 4 N–H and O–H groups in total. The second-order valence-electron chi connectivity index (χ2n) is 5.48. The fourth-order valence-corrected chi connectivity index (χ4v) is 3.30. The molecule has 0 atom stereocenters. The molecule has 10 heteroatoms. The molecular formula is C17H17N3O6S. The number of imidazole rings is 1. The number of ether oxygens (including phenoxy) is 2. The molecule has 1 heterocycles. The minimum Gasteiger partial charge on any atom is -0.497 e. The summed E-state index contributed by atoms with van der Waals surface area (Å²) in [7, 11) is -2.33. The molecule has 0 aliphatic heterocycles. The zero-order valence-corrected chi connectivity index (χ0v) is 15.0. The Morgan fingerprint density at radius 1 is 1.04 bits per heavy atom. The van der Waals surface area contributed by atoms with Gasteiger partial charge in [0.25, 0.3) is 0 Å². The molecule has 3 aromatic rings. The summed E-state index contributed by atoms with van der Waals surface area (Å²) >= 11 is 0. The highest BCUT2D eigenvalue weighted by atomic mass is 32.2. The first-order chi connectivity index (χ1) is 12.9. The molecule has 1 aromatic heterocycles. The third-order valence-electron chi connectivity index (χ3n) is 3.63. The van der Waals surface area contributed by atoms with Gasteiger partial charge in [0.2, 0.25) is 15.9 Å². The second-order valence-corrected chi connectivity index (χ2v) is 7.25. The van der Waals surface area contributed by atoms with Crippen molar-refractivity contribution in [3.8, 4) is 23.1 Å². The van der Waals surface area contributed by atoms with Gasteiger partial charge >= 0.3 is 5.69 Å². The Hall–Kier alpha value is -3.24. The highest BCUT2D eigenvalue weighted by Crippen LogP contribution is 2.25. The zero-order chi connectivity index (χ0) is 19.4. The maximum absolute atomic E-state index is 12.4. The van der Waals surface area contributed by atoms with E-state index < -0.39 is 21.6 Å². The third kappa shape index (κ3) is 4.49. The van der Waals surface area contributed by atoms with Crippen molar-refractivity contribution in [3.05, 3.63) is 64.7 Å². The quantitative estimate of drug-likeness (QED) is 0.484. The first kappa shape index (κ1) is 18.5. The van der Waals surface area contributed by atoms with Crippen LogP contribution in [0.3, 0.4) is 0 Å². The van der Waals surface area contributed by atoms with Crippen molar-refractivity contribution in [2.75, 3.05) is 7.11 Å². The molecule has 0 saturated heterocycles. The fourth-order valence-electron chi connectivity index (χ4n) is 2.27. The molecule has 0 aliphatic carbocycles. The van der Waals surface area contributed by atoms with Gasteiger partial charge in [0.05, 0.1) is 24.2 Å². The summed E-state index contributed by atoms with van der Waals surface area (Å²) in [5, 5.41) is 9.49. The van der Waals surface area contributed by atoms with Crippen LogP contribution in [0, 0.1) is 0 Å². The summed E-state index contributed by atoms with van der Waals surface area (Å²) < 4.78 is 37.9. The standard InChI is InChI=1S/C17H17N3O6S/c1-25-11-5-7-12(8-6-11)26-13-3-2-4-14(9-13)27(23,24)18-10-15-16(21)20-17(22)19-15/h2-9,18,21H,10H2,1H3,(H2,19,20,22). The SMILES string of the molecule is COc1ccc(Oc2cccc(S(=O)(=O)NCc3[nH]c(=O)[nH]c3O)c2)cc1. The van der Waals surface area contributed by atoms with Crippen LogP contribution in [0.15, 0.2) is 58.2 Å². The largest absolute Gasteiger partial charge is 0.497 e. The summed E-state index contributed by atoms with van der Waals surface area (Å²) in [5.41, 5.74) is -0.592. The van der Waals surface area contributed by atoms with Gasteiger partial charge < -0.3 is 19.6 Å². The monoisotopic (exact) mass is 391 g/mol. The van der Waals surface area contributed by atoms with Gasteiger partial charge in [0.15, 0.2) is 0 Å². The minimum absolute atomic E-state index is 0.0223. The van der Waals surface area contributed by atoms with Gasteiger partial charge in [-0.3, -0.25) is 4.98 Å². The van der Waals surface area contributed by atoms with Crippen LogP contribution < -0.4 is 19.9 Å². The highest BCUT2D eigenvalue weighted by Gasteiger charge is 2.16. The lowest BCUT2D eigenvalue weighted by Crippen LogP contribution is -2.23. The molecule has 0 unspecified atom stereocenters. The summed E-state index contributed by atoms with van der Waals surface area (Å²) in [6.07, 6.45) is 0. The van der Waals surface area contributed by atoms with Crippen molar-refractivity contribution in [3.63, 3.8) is 0 Å². The maximum Gasteiger partial charge on any atom is 0.326 e. The Balaban J connectivity index is 1.74. The number of benzene rings is 2. The van der Waals surface area contributed by atoms with E-state index in [1.807, 2.05) is 0 Å². The van der Waals surface area contributed by atoms with Crippen LogP contribution >= 0.6 is 0 Å². The van der Waals surface area contributed by atoms with Gasteiger partial charge in [-0.1, -0.05) is 6.07 Å². The van der Waals surface area contributed by atoms with E-state index in [1.165, 1.54) is 12.1 Å². The predicted molar refractivity (Wildman–Crippen MR) is 96.6 cm³/mol. The molecule has 0 radical (unpaired) electrons. The number of aromatic hydroxyl groups is 1. The molecule has 3 rings (SSSR count). The smallest absolute Gasteiger partial charge is 0.326 e. The number of methoxy groups -OCH3 is 1. The van der Waals surface area contributed by atoms with E-state index in [0.717, 1.165) is 0 Å². The third-order valence-corrected chi connectivity index (χ3v) is 5.03. The van der Waals surface area contributed by atoms with Crippen LogP contribution in [0.1, 0.15) is 5.69 Å². The second kappa shape index (κ2) is 7.56. The summed E-state index contributed by atoms with van der Waals surface area (Å²) in [5.74, 6) is 1.11. The van der Waals surface area contributed by atoms with Crippen molar-refractivity contribution in [1.82, 2.24) is 14.7 Å². The zero-order valence-electron chi connectivity index (χ0n) is 14.2. The number of hydrogen-bond donors (Lipinski definition) is 4. The van der Waals surface area contributed by atoms with Crippen LogP contribution in [0.4, 0.5) is 0 Å². The van der Waals surface area contributed by atoms with Gasteiger partial charge in [-0.2, -0.15) is 0 Å². The molecular weight excluding hydrogens is 374 g/mol. The first-order valence-corrected chi connectivity index (χ1v) is 9.27. The van der Waals surface area contributed by atoms with Crippen LogP contribution in [-0.2, 0) is 16.6 Å². The van der Waals surface area contributed by atoms with Crippen LogP contribution in [0.25, 0.3) is 0 Å². The van der Waals surface area contributed by atoms with Crippen LogP contribution in [0.5, 0.6) is 23.1 Å².